The van der Waals surface area contributed by atoms with Gasteiger partial charge in [0.1, 0.15) is 6.61 Å². The first kappa shape index (κ1) is 24.7. The largest absolute Gasteiger partial charge is 0.462 e. The van der Waals surface area contributed by atoms with Gasteiger partial charge in [0.15, 0.2) is 0 Å². The topological polar surface area (TPSA) is 124 Å². The maximum atomic E-state index is 13.2. The van der Waals surface area contributed by atoms with Crippen LogP contribution in [0.4, 0.5) is 5.69 Å². The molecule has 8 nitrogen and oxygen atoms in total. The van der Waals surface area contributed by atoms with E-state index in [1.165, 1.54) is 0 Å². The number of pyridine rings is 1. The van der Waals surface area contributed by atoms with Gasteiger partial charge in [-0.05, 0) is 55.3 Å². The van der Waals surface area contributed by atoms with Crippen molar-refractivity contribution < 1.29 is 24.2 Å². The average molecular weight is 464 g/mol. The van der Waals surface area contributed by atoms with Crippen molar-refractivity contribution in [1.82, 2.24) is 10.3 Å². The molecule has 0 spiro atoms. The summed E-state index contributed by atoms with van der Waals surface area (Å²) in [6.45, 7) is 3.55. The molecular formula is C26H29N3O5. The van der Waals surface area contributed by atoms with Gasteiger partial charge >= 0.3 is 11.9 Å². The van der Waals surface area contributed by atoms with E-state index in [1.807, 2.05) is 24.3 Å². The standard InChI is InChI=1S/C26H29N3O5/c1-17-22(25(31)33-14-4-6-19-9-11-28-12-10-19)24(20-7-3-8-21(27)16-20)23(18(2)29-17)26(32)34-15-5-13-30/h3-4,6-12,16,24,29-30H,5,13-15,27H2,1-2H3/b6-4+. The second kappa shape index (κ2) is 11.8. The van der Waals surface area contributed by atoms with Crippen LogP contribution in [0.2, 0.25) is 0 Å². The minimum Gasteiger partial charge on any atom is -0.462 e. The fourth-order valence-corrected chi connectivity index (χ4v) is 3.77. The number of esters is 2. The van der Waals surface area contributed by atoms with Gasteiger partial charge < -0.3 is 25.6 Å². The fraction of sp³-hybridized carbons (Fsp3) is 0.269. The molecule has 178 valence electrons. The van der Waals surface area contributed by atoms with Gasteiger partial charge in [0, 0.05) is 42.5 Å². The second-order valence-electron chi connectivity index (χ2n) is 7.80. The predicted molar refractivity (Wildman–Crippen MR) is 129 cm³/mol. The molecule has 0 amide bonds. The van der Waals surface area contributed by atoms with Gasteiger partial charge in [-0.25, -0.2) is 9.59 Å². The van der Waals surface area contributed by atoms with Crippen molar-refractivity contribution in [3.05, 3.63) is 88.5 Å². The lowest BCUT2D eigenvalue weighted by Crippen LogP contribution is -2.32. The van der Waals surface area contributed by atoms with Crippen LogP contribution in [0.1, 0.15) is 37.3 Å². The Kier molecular flexibility index (Phi) is 8.59. The minimum atomic E-state index is -0.719. The van der Waals surface area contributed by atoms with Crippen LogP contribution in [-0.2, 0) is 19.1 Å². The number of carbonyl (C=O) groups is 2. The first-order chi connectivity index (χ1) is 16.4. The number of ether oxygens (including phenoxy) is 2. The first-order valence-corrected chi connectivity index (χ1v) is 11.0. The lowest BCUT2D eigenvalue weighted by Gasteiger charge is -2.30. The predicted octanol–water partition coefficient (Wildman–Crippen LogP) is 3.08. The molecule has 0 saturated carbocycles. The molecular weight excluding hydrogens is 434 g/mol. The molecule has 1 aromatic carbocycles. The van der Waals surface area contributed by atoms with Crippen molar-refractivity contribution in [2.24, 2.45) is 0 Å². The molecule has 0 fully saturated rings. The van der Waals surface area contributed by atoms with Crippen molar-refractivity contribution in [3.8, 4) is 0 Å². The summed E-state index contributed by atoms with van der Waals surface area (Å²) in [6.07, 6.45) is 7.25. The Hall–Kier alpha value is -3.91. The zero-order chi connectivity index (χ0) is 24.5. The van der Waals surface area contributed by atoms with Crippen LogP contribution in [0, 0.1) is 0 Å². The monoisotopic (exact) mass is 463 g/mol. The van der Waals surface area contributed by atoms with E-state index in [-0.39, 0.29) is 19.8 Å². The van der Waals surface area contributed by atoms with Gasteiger partial charge in [-0.1, -0.05) is 18.2 Å². The van der Waals surface area contributed by atoms with Crippen molar-refractivity contribution in [2.45, 2.75) is 26.2 Å². The highest BCUT2D eigenvalue weighted by Gasteiger charge is 2.38. The Morgan fingerprint density at radius 2 is 1.76 bits per heavy atom. The molecule has 1 aromatic heterocycles. The van der Waals surface area contributed by atoms with Crippen LogP contribution in [0.15, 0.2) is 77.4 Å². The van der Waals surface area contributed by atoms with E-state index >= 15 is 0 Å². The number of nitrogens with zero attached hydrogens (tertiary/aromatic N) is 1. The minimum absolute atomic E-state index is 0.0561. The van der Waals surface area contributed by atoms with Gasteiger partial charge in [0.05, 0.1) is 23.7 Å². The lowest BCUT2D eigenvalue weighted by molar-refractivity contribution is -0.140. The number of benzene rings is 1. The number of aliphatic hydroxyl groups is 1. The second-order valence-corrected chi connectivity index (χ2v) is 7.80. The van der Waals surface area contributed by atoms with E-state index in [9.17, 15) is 9.59 Å². The van der Waals surface area contributed by atoms with Crippen molar-refractivity contribution in [3.63, 3.8) is 0 Å². The smallest absolute Gasteiger partial charge is 0.337 e. The molecule has 1 aliphatic rings. The van der Waals surface area contributed by atoms with Gasteiger partial charge in [0.25, 0.3) is 0 Å². The molecule has 2 heterocycles. The van der Waals surface area contributed by atoms with E-state index in [0.717, 1.165) is 5.56 Å². The van der Waals surface area contributed by atoms with E-state index in [0.29, 0.717) is 40.2 Å². The Morgan fingerprint density at radius 3 is 2.41 bits per heavy atom. The molecule has 0 radical (unpaired) electrons. The number of dihydropyridines is 1. The summed E-state index contributed by atoms with van der Waals surface area (Å²) in [5.41, 5.74) is 9.89. The molecule has 4 N–H and O–H groups in total. The van der Waals surface area contributed by atoms with Gasteiger partial charge in [-0.2, -0.15) is 0 Å². The highest BCUT2D eigenvalue weighted by atomic mass is 16.5. The van der Waals surface area contributed by atoms with Crippen LogP contribution in [0.3, 0.4) is 0 Å². The highest BCUT2D eigenvalue weighted by molar-refractivity contribution is 6.00. The highest BCUT2D eigenvalue weighted by Crippen LogP contribution is 2.39. The maximum Gasteiger partial charge on any atom is 0.337 e. The number of aromatic nitrogens is 1. The Labute approximate surface area is 198 Å². The summed E-state index contributed by atoms with van der Waals surface area (Å²) in [5.74, 6) is -1.84. The van der Waals surface area contributed by atoms with Gasteiger partial charge in [-0.3, -0.25) is 4.98 Å². The third-order valence-corrected chi connectivity index (χ3v) is 5.31. The van der Waals surface area contributed by atoms with Crippen molar-refractivity contribution in [1.29, 1.82) is 0 Å². The summed E-state index contributed by atoms with van der Waals surface area (Å²) in [7, 11) is 0. The Bertz CT molecular complexity index is 1120. The van der Waals surface area contributed by atoms with Crippen LogP contribution in [0.25, 0.3) is 6.08 Å². The number of nitrogen functional groups attached to an aromatic ring is 1. The summed E-state index contributed by atoms with van der Waals surface area (Å²) in [4.78, 5) is 30.2. The molecule has 34 heavy (non-hydrogen) atoms. The zero-order valence-corrected chi connectivity index (χ0v) is 19.3. The average Bonchev–Trinajstić information content (AvgIpc) is 2.82. The lowest BCUT2D eigenvalue weighted by atomic mass is 9.80. The number of allylic oxidation sites excluding steroid dienone is 2. The number of nitrogens with two attached hydrogens (primary N) is 1. The summed E-state index contributed by atoms with van der Waals surface area (Å²) >= 11 is 0. The molecule has 3 rings (SSSR count). The molecule has 8 heteroatoms. The number of carbonyl (C=O) groups excluding carboxylic acids is 2. The molecule has 0 bridgehead atoms. The number of hydrogen-bond acceptors (Lipinski definition) is 8. The molecule has 0 saturated heterocycles. The third kappa shape index (κ3) is 6.11. The van der Waals surface area contributed by atoms with Crippen LogP contribution < -0.4 is 11.1 Å². The number of nitrogens with one attached hydrogen (secondary N) is 1. The summed E-state index contributed by atoms with van der Waals surface area (Å²) < 4.78 is 10.9. The summed E-state index contributed by atoms with van der Waals surface area (Å²) in [6, 6.07) is 10.7. The molecule has 2 aromatic rings. The van der Waals surface area contributed by atoms with E-state index in [1.54, 1.807) is 50.5 Å². The number of hydrogen-bond donors (Lipinski definition) is 3. The van der Waals surface area contributed by atoms with Crippen LogP contribution in [0.5, 0.6) is 0 Å². The first-order valence-electron chi connectivity index (χ1n) is 11.0. The molecule has 1 aliphatic heterocycles. The van der Waals surface area contributed by atoms with E-state index < -0.39 is 17.9 Å². The molecule has 1 unspecified atom stereocenters. The number of anilines is 1. The Morgan fingerprint density at radius 1 is 1.09 bits per heavy atom. The van der Waals surface area contributed by atoms with Crippen molar-refractivity contribution >= 4 is 23.7 Å². The van der Waals surface area contributed by atoms with E-state index in [4.69, 9.17) is 20.3 Å². The quantitative estimate of drug-likeness (QED) is 0.294. The zero-order valence-electron chi connectivity index (χ0n) is 19.3. The molecule has 1 atom stereocenters. The number of aliphatic hydroxyl groups excluding tert-OH is 1. The third-order valence-electron chi connectivity index (χ3n) is 5.31. The van der Waals surface area contributed by atoms with Crippen LogP contribution >= 0.6 is 0 Å². The summed E-state index contributed by atoms with van der Waals surface area (Å²) in [5, 5.41) is 12.1. The maximum absolute atomic E-state index is 13.2. The molecule has 0 aliphatic carbocycles. The van der Waals surface area contributed by atoms with Gasteiger partial charge in [0.2, 0.25) is 0 Å². The normalized spacial score (nSPS) is 15.9. The van der Waals surface area contributed by atoms with Crippen LogP contribution in [-0.4, -0.2) is 41.8 Å². The van der Waals surface area contributed by atoms with Gasteiger partial charge in [-0.15, -0.1) is 0 Å². The fourth-order valence-electron chi connectivity index (χ4n) is 3.77. The Balaban J connectivity index is 1.88. The number of rotatable bonds is 9. The van der Waals surface area contributed by atoms with Crippen molar-refractivity contribution in [2.75, 3.05) is 25.6 Å². The van der Waals surface area contributed by atoms with E-state index in [2.05, 4.69) is 10.3 Å². The SMILES string of the molecule is CC1=C(C(=O)OC/C=C/c2ccncc2)C(c2cccc(N)c2)C(C(=O)OCCCO)=C(C)N1.